The minimum absolute atomic E-state index is 0.110. The lowest BCUT2D eigenvalue weighted by Crippen LogP contribution is -2.65. The molecular formula is C29H62N4O. The fourth-order valence-corrected chi connectivity index (χ4v) is 5.77. The minimum atomic E-state index is 0.110. The molecule has 1 heterocycles. The average Bonchev–Trinajstić information content (AvgIpc) is 2.80. The molecule has 3 atom stereocenters. The van der Waals surface area contributed by atoms with Crippen LogP contribution in [0.5, 0.6) is 0 Å². The van der Waals surface area contributed by atoms with Gasteiger partial charge in [0.15, 0.2) is 0 Å². The third-order valence-electron chi connectivity index (χ3n) is 7.75. The molecule has 0 spiro atoms. The van der Waals surface area contributed by atoms with Gasteiger partial charge in [-0.25, -0.2) is 0 Å². The molecule has 2 unspecified atom stereocenters. The van der Waals surface area contributed by atoms with Crippen LogP contribution in [0.3, 0.4) is 0 Å². The molecule has 5 heteroatoms. The Morgan fingerprint density at radius 1 is 0.853 bits per heavy atom. The summed E-state index contributed by atoms with van der Waals surface area (Å²) >= 11 is 0. The van der Waals surface area contributed by atoms with Crippen LogP contribution < -0.4 is 10.6 Å². The van der Waals surface area contributed by atoms with Gasteiger partial charge in [0, 0.05) is 50.8 Å². The Labute approximate surface area is 213 Å². The second kappa shape index (κ2) is 18.1. The lowest BCUT2D eigenvalue weighted by molar-refractivity contribution is 0.00509. The SMILES string of the molecule is CCCCC(CC)CN1CN(CC(CC)CCCC)CC(C)(NCCN[C@H](CO)CC(C)C)C1. The summed E-state index contributed by atoms with van der Waals surface area (Å²) in [4.78, 5) is 5.49. The van der Waals surface area contributed by atoms with Crippen molar-refractivity contribution in [1.29, 1.82) is 0 Å². The quantitative estimate of drug-likeness (QED) is 0.205. The number of rotatable bonds is 20. The van der Waals surface area contributed by atoms with E-state index in [1.54, 1.807) is 0 Å². The maximum Gasteiger partial charge on any atom is 0.0584 e. The van der Waals surface area contributed by atoms with Crippen molar-refractivity contribution < 1.29 is 5.11 Å². The van der Waals surface area contributed by atoms with Crippen molar-refractivity contribution in [3.05, 3.63) is 0 Å². The first-order valence-corrected chi connectivity index (χ1v) is 14.8. The summed E-state index contributed by atoms with van der Waals surface area (Å²) in [5.41, 5.74) is 0.110. The molecule has 0 aromatic rings. The Bertz CT molecular complexity index is 461. The van der Waals surface area contributed by atoms with Gasteiger partial charge in [-0.05, 0) is 43.9 Å². The fraction of sp³-hybridized carbons (Fsp3) is 1.00. The van der Waals surface area contributed by atoms with Crippen molar-refractivity contribution in [3.63, 3.8) is 0 Å². The smallest absolute Gasteiger partial charge is 0.0584 e. The van der Waals surface area contributed by atoms with E-state index in [4.69, 9.17) is 0 Å². The molecule has 5 nitrogen and oxygen atoms in total. The van der Waals surface area contributed by atoms with Gasteiger partial charge in [-0.3, -0.25) is 9.80 Å². The summed E-state index contributed by atoms with van der Waals surface area (Å²) in [6.07, 6.45) is 11.7. The fourth-order valence-electron chi connectivity index (χ4n) is 5.77. The van der Waals surface area contributed by atoms with E-state index in [0.29, 0.717) is 5.92 Å². The van der Waals surface area contributed by atoms with E-state index in [0.717, 1.165) is 51.1 Å². The van der Waals surface area contributed by atoms with Crippen LogP contribution in [0.4, 0.5) is 0 Å². The molecular weight excluding hydrogens is 420 g/mol. The van der Waals surface area contributed by atoms with Gasteiger partial charge in [-0.1, -0.05) is 80.1 Å². The highest BCUT2D eigenvalue weighted by Crippen LogP contribution is 2.23. The van der Waals surface area contributed by atoms with Crippen molar-refractivity contribution in [2.24, 2.45) is 17.8 Å². The van der Waals surface area contributed by atoms with E-state index in [1.807, 2.05) is 0 Å². The van der Waals surface area contributed by atoms with Crippen LogP contribution in [0.1, 0.15) is 106 Å². The number of aliphatic hydroxyl groups is 1. The summed E-state index contributed by atoms with van der Waals surface area (Å²) in [5.74, 6) is 2.23. The molecule has 0 saturated carbocycles. The third kappa shape index (κ3) is 13.2. The molecule has 1 aliphatic rings. The van der Waals surface area contributed by atoms with Crippen molar-refractivity contribution in [2.45, 2.75) is 118 Å². The number of nitrogens with one attached hydrogen (secondary N) is 2. The first kappa shape index (κ1) is 31.8. The maximum absolute atomic E-state index is 9.68. The highest BCUT2D eigenvalue weighted by molar-refractivity contribution is 4.94. The molecule has 0 amide bonds. The predicted octanol–water partition coefficient (Wildman–Crippen LogP) is 5.34. The zero-order chi connectivity index (χ0) is 25.4. The summed E-state index contributed by atoms with van der Waals surface area (Å²) in [5, 5.41) is 17.2. The molecule has 1 aliphatic heterocycles. The summed E-state index contributed by atoms with van der Waals surface area (Å²) in [6, 6.07) is 0.210. The lowest BCUT2D eigenvalue weighted by atomic mass is 9.93. The summed E-state index contributed by atoms with van der Waals surface area (Å²) in [7, 11) is 0. The molecule has 1 rings (SSSR count). The van der Waals surface area contributed by atoms with E-state index in [9.17, 15) is 5.11 Å². The van der Waals surface area contributed by atoms with Gasteiger partial charge < -0.3 is 15.7 Å². The third-order valence-corrected chi connectivity index (χ3v) is 7.75. The number of hydrogen-bond acceptors (Lipinski definition) is 5. The largest absolute Gasteiger partial charge is 0.395 e. The van der Waals surface area contributed by atoms with Gasteiger partial charge in [-0.2, -0.15) is 0 Å². The number of nitrogens with zero attached hydrogens (tertiary/aromatic N) is 2. The van der Waals surface area contributed by atoms with Crippen LogP contribution >= 0.6 is 0 Å². The molecule has 0 radical (unpaired) electrons. The van der Waals surface area contributed by atoms with Gasteiger partial charge in [0.25, 0.3) is 0 Å². The highest BCUT2D eigenvalue weighted by Gasteiger charge is 2.35. The zero-order valence-corrected chi connectivity index (χ0v) is 24.2. The van der Waals surface area contributed by atoms with Crippen molar-refractivity contribution >= 4 is 0 Å². The second-order valence-electron chi connectivity index (χ2n) is 11.9. The van der Waals surface area contributed by atoms with E-state index in [2.05, 4.69) is 68.9 Å². The Hall–Kier alpha value is -0.200. The van der Waals surface area contributed by atoms with Crippen LogP contribution in [0.25, 0.3) is 0 Å². The molecule has 1 saturated heterocycles. The van der Waals surface area contributed by atoms with Gasteiger partial charge in [0.2, 0.25) is 0 Å². The minimum Gasteiger partial charge on any atom is -0.395 e. The molecule has 0 aromatic carbocycles. The monoisotopic (exact) mass is 482 g/mol. The van der Waals surface area contributed by atoms with Crippen molar-refractivity contribution in [3.8, 4) is 0 Å². The van der Waals surface area contributed by atoms with Crippen LogP contribution in [-0.4, -0.2) is 79.0 Å². The van der Waals surface area contributed by atoms with Crippen molar-refractivity contribution in [1.82, 2.24) is 20.4 Å². The topological polar surface area (TPSA) is 50.8 Å². The van der Waals surface area contributed by atoms with Gasteiger partial charge in [-0.15, -0.1) is 0 Å². The Morgan fingerprint density at radius 3 is 1.79 bits per heavy atom. The predicted molar refractivity (Wildman–Crippen MR) is 149 cm³/mol. The number of hydrogen-bond donors (Lipinski definition) is 3. The molecule has 34 heavy (non-hydrogen) atoms. The molecule has 1 fully saturated rings. The van der Waals surface area contributed by atoms with Crippen LogP contribution in [-0.2, 0) is 0 Å². The van der Waals surface area contributed by atoms with E-state index < -0.39 is 0 Å². The standard InChI is InChI=1S/C29H62N4O/c1-8-12-14-26(10-3)19-32-22-29(7,31-17-16-30-28(21-34)18-25(5)6)23-33(24-32)20-27(11-4)15-13-9-2/h25-28,30-31,34H,8-24H2,1-7H3/t26?,27?,28-,29?/m0/s1. The highest BCUT2D eigenvalue weighted by atomic mass is 16.3. The molecule has 0 bridgehead atoms. The lowest BCUT2D eigenvalue weighted by Gasteiger charge is -2.48. The summed E-state index contributed by atoms with van der Waals surface area (Å²) in [6.45, 7) is 24.2. The Kier molecular flexibility index (Phi) is 17.0. The summed E-state index contributed by atoms with van der Waals surface area (Å²) < 4.78 is 0. The molecule has 3 N–H and O–H groups in total. The zero-order valence-electron chi connectivity index (χ0n) is 24.2. The van der Waals surface area contributed by atoms with Gasteiger partial charge in [0.05, 0.1) is 13.3 Å². The van der Waals surface area contributed by atoms with Crippen LogP contribution in [0.15, 0.2) is 0 Å². The van der Waals surface area contributed by atoms with Crippen LogP contribution in [0.2, 0.25) is 0 Å². The number of aliphatic hydroxyl groups excluding tert-OH is 1. The van der Waals surface area contributed by atoms with E-state index in [1.165, 1.54) is 64.5 Å². The first-order chi connectivity index (χ1) is 16.3. The maximum atomic E-state index is 9.68. The van der Waals surface area contributed by atoms with Crippen molar-refractivity contribution in [2.75, 3.05) is 52.5 Å². The molecule has 0 aliphatic carbocycles. The van der Waals surface area contributed by atoms with E-state index >= 15 is 0 Å². The first-order valence-electron chi connectivity index (χ1n) is 14.8. The molecule has 0 aromatic heterocycles. The van der Waals surface area contributed by atoms with E-state index in [-0.39, 0.29) is 18.2 Å². The van der Waals surface area contributed by atoms with Gasteiger partial charge >= 0.3 is 0 Å². The van der Waals surface area contributed by atoms with Crippen LogP contribution in [0, 0.1) is 17.8 Å². The molecule has 204 valence electrons. The normalized spacial score (nSPS) is 22.9. The Balaban J connectivity index is 2.75. The van der Waals surface area contributed by atoms with Gasteiger partial charge in [0.1, 0.15) is 0 Å². The average molecular weight is 483 g/mol. The number of unbranched alkanes of at least 4 members (excludes halogenated alkanes) is 2. The second-order valence-corrected chi connectivity index (χ2v) is 11.9. The Morgan fingerprint density at radius 2 is 1.38 bits per heavy atom.